The number of benzene rings is 1. The van der Waals surface area contributed by atoms with Gasteiger partial charge >= 0.3 is 0 Å². The molecule has 182 valence electrons. The highest BCUT2D eigenvalue weighted by Crippen LogP contribution is 2.28. The van der Waals surface area contributed by atoms with Crippen LogP contribution in [0.15, 0.2) is 42.7 Å². The molecule has 1 N–H and O–H groups in total. The first-order chi connectivity index (χ1) is 16.5. The van der Waals surface area contributed by atoms with Crippen molar-refractivity contribution in [3.8, 4) is 0 Å². The molecule has 0 bridgehead atoms. The first kappa shape index (κ1) is 24.6. The number of ketones is 1. The number of hydrogen-bond donors (Lipinski definition) is 1. The van der Waals surface area contributed by atoms with E-state index >= 15 is 0 Å². The van der Waals surface area contributed by atoms with Gasteiger partial charge in [-0.05, 0) is 92.3 Å². The Morgan fingerprint density at radius 2 is 1.71 bits per heavy atom. The zero-order valence-electron chi connectivity index (χ0n) is 20.8. The Morgan fingerprint density at radius 3 is 2.41 bits per heavy atom. The second kappa shape index (κ2) is 11.7. The van der Waals surface area contributed by atoms with Crippen molar-refractivity contribution in [3.63, 3.8) is 0 Å². The van der Waals surface area contributed by atoms with Crippen molar-refractivity contribution in [2.45, 2.75) is 71.3 Å². The van der Waals surface area contributed by atoms with Crippen molar-refractivity contribution in [1.29, 1.82) is 0 Å². The number of rotatable bonds is 8. The van der Waals surface area contributed by atoms with E-state index in [1.807, 2.05) is 32.0 Å². The quantitative estimate of drug-likeness (QED) is 0.582. The SMILES string of the molecule is CC(C)C(=O)c1ccc2c(c1)CCN(CCC1CCC(NC(=O)Cc3ccncc3)CC1)CC2. The number of fused-ring (bicyclic) bond motifs is 1. The van der Waals surface area contributed by atoms with Gasteiger partial charge in [0.25, 0.3) is 0 Å². The summed E-state index contributed by atoms with van der Waals surface area (Å²) < 4.78 is 0. The average Bonchev–Trinajstić information content (AvgIpc) is 3.05. The molecule has 1 aromatic carbocycles. The van der Waals surface area contributed by atoms with Crippen LogP contribution in [-0.2, 0) is 24.1 Å². The molecule has 2 aliphatic rings. The molecule has 0 atom stereocenters. The van der Waals surface area contributed by atoms with E-state index < -0.39 is 0 Å². The van der Waals surface area contributed by atoms with E-state index in [0.717, 1.165) is 62.4 Å². The van der Waals surface area contributed by atoms with Gasteiger partial charge in [0.2, 0.25) is 5.91 Å². The fourth-order valence-electron chi connectivity index (χ4n) is 5.41. The third-order valence-corrected chi connectivity index (χ3v) is 7.59. The van der Waals surface area contributed by atoms with Crippen LogP contribution in [0.2, 0.25) is 0 Å². The maximum absolute atomic E-state index is 12.4. The topological polar surface area (TPSA) is 62.3 Å². The van der Waals surface area contributed by atoms with Crippen molar-refractivity contribution < 1.29 is 9.59 Å². The molecule has 1 aliphatic carbocycles. The van der Waals surface area contributed by atoms with E-state index in [1.165, 1.54) is 30.4 Å². The number of aromatic nitrogens is 1. The molecule has 1 fully saturated rings. The van der Waals surface area contributed by atoms with E-state index in [1.54, 1.807) is 12.4 Å². The Morgan fingerprint density at radius 1 is 1.00 bits per heavy atom. The van der Waals surface area contributed by atoms with Crippen molar-refractivity contribution in [1.82, 2.24) is 15.2 Å². The number of carbonyl (C=O) groups is 2. The molecule has 1 amide bonds. The summed E-state index contributed by atoms with van der Waals surface area (Å²) in [5, 5.41) is 3.24. The number of nitrogens with one attached hydrogen (secondary N) is 1. The Bertz CT molecular complexity index is 965. The van der Waals surface area contributed by atoms with Gasteiger partial charge in [-0.15, -0.1) is 0 Å². The summed E-state index contributed by atoms with van der Waals surface area (Å²) in [5.74, 6) is 1.17. The third-order valence-electron chi connectivity index (χ3n) is 7.59. The molecule has 0 saturated heterocycles. The predicted octanol–water partition coefficient (Wildman–Crippen LogP) is 4.63. The fraction of sp³-hybridized carbons (Fsp3) is 0.552. The van der Waals surface area contributed by atoms with Crippen molar-refractivity contribution in [3.05, 3.63) is 65.0 Å². The number of carbonyl (C=O) groups excluding carboxylic acids is 2. The summed E-state index contributed by atoms with van der Waals surface area (Å²) in [6.07, 6.45) is 11.8. The normalized spacial score (nSPS) is 21.0. The lowest BCUT2D eigenvalue weighted by atomic mass is 9.84. The Labute approximate surface area is 204 Å². The lowest BCUT2D eigenvalue weighted by molar-refractivity contribution is -0.121. The molecule has 2 heterocycles. The van der Waals surface area contributed by atoms with E-state index in [4.69, 9.17) is 0 Å². The number of hydrogen-bond acceptors (Lipinski definition) is 4. The maximum atomic E-state index is 12.4. The molecule has 1 aliphatic heterocycles. The Balaban J connectivity index is 1.18. The van der Waals surface area contributed by atoms with Crippen LogP contribution < -0.4 is 5.32 Å². The van der Waals surface area contributed by atoms with E-state index in [0.29, 0.717) is 12.5 Å². The van der Waals surface area contributed by atoms with Crippen LogP contribution in [0.3, 0.4) is 0 Å². The van der Waals surface area contributed by atoms with Crippen molar-refractivity contribution in [2.75, 3.05) is 19.6 Å². The molecule has 0 spiro atoms. The zero-order valence-corrected chi connectivity index (χ0v) is 20.8. The van der Waals surface area contributed by atoms with Gasteiger partial charge in [-0.3, -0.25) is 14.6 Å². The molecule has 4 rings (SSSR count). The lowest BCUT2D eigenvalue weighted by Gasteiger charge is -2.30. The second-order valence-electron chi connectivity index (χ2n) is 10.5. The highest BCUT2D eigenvalue weighted by molar-refractivity contribution is 5.97. The summed E-state index contributed by atoms with van der Waals surface area (Å²) in [7, 11) is 0. The zero-order chi connectivity index (χ0) is 23.9. The standard InChI is InChI=1S/C29H39N3O2/c1-21(2)29(34)26-6-5-24-12-17-32(18-13-25(24)20-26)16-11-22-3-7-27(8-4-22)31-28(33)19-23-9-14-30-15-10-23/h5-6,9-10,14-15,20-22,27H,3-4,7-8,11-13,16-19H2,1-2H3,(H,31,33). The second-order valence-corrected chi connectivity index (χ2v) is 10.5. The van der Waals surface area contributed by atoms with Crippen molar-refractivity contribution in [2.24, 2.45) is 11.8 Å². The van der Waals surface area contributed by atoms with Crippen LogP contribution in [0.5, 0.6) is 0 Å². The number of amides is 1. The molecule has 5 nitrogen and oxygen atoms in total. The molecule has 0 unspecified atom stereocenters. The smallest absolute Gasteiger partial charge is 0.224 e. The van der Waals surface area contributed by atoms with Crippen LogP contribution in [0.25, 0.3) is 0 Å². The minimum absolute atomic E-state index is 0.0464. The van der Waals surface area contributed by atoms with E-state index in [2.05, 4.69) is 27.3 Å². The van der Waals surface area contributed by atoms with Gasteiger partial charge in [0.1, 0.15) is 0 Å². The molecular formula is C29H39N3O2. The predicted molar refractivity (Wildman–Crippen MR) is 136 cm³/mol. The summed E-state index contributed by atoms with van der Waals surface area (Å²) >= 11 is 0. The molecule has 1 aromatic heterocycles. The first-order valence-corrected chi connectivity index (χ1v) is 13.0. The molecule has 5 heteroatoms. The minimum atomic E-state index is 0.0464. The van der Waals surface area contributed by atoms with Gasteiger partial charge in [-0.2, -0.15) is 0 Å². The summed E-state index contributed by atoms with van der Waals surface area (Å²) in [6, 6.07) is 10.5. The van der Waals surface area contributed by atoms with E-state index in [9.17, 15) is 9.59 Å². The number of pyridine rings is 1. The van der Waals surface area contributed by atoms with Crippen LogP contribution in [0, 0.1) is 11.8 Å². The highest BCUT2D eigenvalue weighted by Gasteiger charge is 2.24. The molecular weight excluding hydrogens is 422 g/mol. The van der Waals surface area contributed by atoms with Crippen LogP contribution in [-0.4, -0.2) is 47.3 Å². The Kier molecular flexibility index (Phi) is 8.49. The number of nitrogens with zero attached hydrogens (tertiary/aromatic N) is 2. The van der Waals surface area contributed by atoms with Gasteiger partial charge < -0.3 is 10.2 Å². The van der Waals surface area contributed by atoms with Gasteiger partial charge in [0.15, 0.2) is 5.78 Å². The van der Waals surface area contributed by atoms with Gasteiger partial charge in [-0.25, -0.2) is 0 Å². The summed E-state index contributed by atoms with van der Waals surface area (Å²) in [6.45, 7) is 7.27. The van der Waals surface area contributed by atoms with E-state index in [-0.39, 0.29) is 17.6 Å². The fourth-order valence-corrected chi connectivity index (χ4v) is 5.41. The van der Waals surface area contributed by atoms with Gasteiger partial charge in [-0.1, -0.05) is 26.0 Å². The molecule has 1 saturated carbocycles. The largest absolute Gasteiger partial charge is 0.353 e. The molecule has 0 radical (unpaired) electrons. The highest BCUT2D eigenvalue weighted by atomic mass is 16.1. The average molecular weight is 462 g/mol. The minimum Gasteiger partial charge on any atom is -0.353 e. The van der Waals surface area contributed by atoms with Crippen LogP contribution in [0.4, 0.5) is 0 Å². The summed E-state index contributed by atoms with van der Waals surface area (Å²) in [4.78, 5) is 31.4. The molecule has 2 aromatic rings. The van der Waals surface area contributed by atoms with Crippen LogP contribution in [0.1, 0.15) is 73.0 Å². The summed E-state index contributed by atoms with van der Waals surface area (Å²) in [5.41, 5.74) is 4.65. The first-order valence-electron chi connectivity index (χ1n) is 13.0. The monoisotopic (exact) mass is 461 g/mol. The lowest BCUT2D eigenvalue weighted by Crippen LogP contribution is -2.39. The maximum Gasteiger partial charge on any atom is 0.224 e. The Hall–Kier alpha value is -2.53. The van der Waals surface area contributed by atoms with Crippen LogP contribution >= 0.6 is 0 Å². The third kappa shape index (κ3) is 6.75. The van der Waals surface area contributed by atoms with Gasteiger partial charge in [0.05, 0.1) is 6.42 Å². The van der Waals surface area contributed by atoms with Crippen molar-refractivity contribution >= 4 is 11.7 Å². The number of Topliss-reactive ketones (excluding diaryl/α,β-unsaturated/α-hetero) is 1. The molecule has 34 heavy (non-hydrogen) atoms. The van der Waals surface area contributed by atoms with Gasteiger partial charge in [0, 0.05) is 43.0 Å².